The first-order valence-corrected chi connectivity index (χ1v) is 7.54. The molecule has 0 aliphatic rings. The Hall–Kier alpha value is -2.82. The lowest BCUT2D eigenvalue weighted by Crippen LogP contribution is -2.10. The maximum Gasteiger partial charge on any atom is 0.227 e. The van der Waals surface area contributed by atoms with Crippen molar-refractivity contribution in [1.82, 2.24) is 4.98 Å². The number of ether oxygens (including phenoxy) is 1. The van der Waals surface area contributed by atoms with Gasteiger partial charge in [0.25, 0.3) is 0 Å². The number of amides is 1. The van der Waals surface area contributed by atoms with Crippen molar-refractivity contribution in [3.63, 3.8) is 0 Å². The average molecular weight is 310 g/mol. The molecule has 118 valence electrons. The average Bonchev–Trinajstić information content (AvgIpc) is 2.98. The third-order valence-corrected chi connectivity index (χ3v) is 3.47. The van der Waals surface area contributed by atoms with Gasteiger partial charge in [-0.25, -0.2) is 4.98 Å². The normalized spacial score (nSPS) is 10.7. The second-order valence-corrected chi connectivity index (χ2v) is 5.23. The van der Waals surface area contributed by atoms with Crippen LogP contribution < -0.4 is 10.1 Å². The highest BCUT2D eigenvalue weighted by Gasteiger charge is 2.10. The van der Waals surface area contributed by atoms with Crippen molar-refractivity contribution >= 4 is 22.7 Å². The Morgan fingerprint density at radius 3 is 2.91 bits per heavy atom. The molecule has 1 heterocycles. The van der Waals surface area contributed by atoms with Gasteiger partial charge in [0.1, 0.15) is 11.3 Å². The van der Waals surface area contributed by atoms with Crippen LogP contribution in [0, 0.1) is 0 Å². The number of carbonyl (C=O) groups is 1. The van der Waals surface area contributed by atoms with E-state index in [2.05, 4.69) is 10.3 Å². The lowest BCUT2D eigenvalue weighted by Gasteiger charge is -2.02. The summed E-state index contributed by atoms with van der Waals surface area (Å²) in [6, 6.07) is 13.0. The topological polar surface area (TPSA) is 64.4 Å². The molecule has 3 rings (SSSR count). The SMILES string of the molecule is CCCC(=O)Nc1ccc2oc(-c3cccc(OC)c3)nc2c1. The number of aromatic nitrogens is 1. The van der Waals surface area contributed by atoms with Gasteiger partial charge in [0.2, 0.25) is 11.8 Å². The van der Waals surface area contributed by atoms with Crippen molar-refractivity contribution in [3.8, 4) is 17.2 Å². The summed E-state index contributed by atoms with van der Waals surface area (Å²) < 4.78 is 11.0. The number of hydrogen-bond acceptors (Lipinski definition) is 4. The van der Waals surface area contributed by atoms with Gasteiger partial charge in [0.05, 0.1) is 7.11 Å². The van der Waals surface area contributed by atoms with Crippen LogP contribution in [-0.2, 0) is 4.79 Å². The summed E-state index contributed by atoms with van der Waals surface area (Å²) in [5.41, 5.74) is 2.95. The molecule has 1 aromatic heterocycles. The maximum atomic E-state index is 11.7. The standard InChI is InChI=1S/C18H18N2O3/c1-3-5-17(21)19-13-8-9-16-15(11-13)20-18(23-16)12-6-4-7-14(10-12)22-2/h4,6-11H,3,5H2,1-2H3,(H,19,21). The Morgan fingerprint density at radius 2 is 2.13 bits per heavy atom. The molecule has 0 fully saturated rings. The summed E-state index contributed by atoms with van der Waals surface area (Å²) in [6.45, 7) is 1.97. The molecule has 5 heteroatoms. The van der Waals surface area contributed by atoms with E-state index in [9.17, 15) is 4.79 Å². The Labute approximate surface area is 134 Å². The van der Waals surface area contributed by atoms with Crippen molar-refractivity contribution in [2.24, 2.45) is 0 Å². The van der Waals surface area contributed by atoms with Gasteiger partial charge >= 0.3 is 0 Å². The summed E-state index contributed by atoms with van der Waals surface area (Å²) in [4.78, 5) is 16.2. The van der Waals surface area contributed by atoms with E-state index in [0.717, 1.165) is 23.4 Å². The Balaban J connectivity index is 1.91. The van der Waals surface area contributed by atoms with Crippen molar-refractivity contribution in [2.75, 3.05) is 12.4 Å². The molecule has 0 saturated heterocycles. The van der Waals surface area contributed by atoms with E-state index in [0.29, 0.717) is 23.4 Å². The molecule has 0 spiro atoms. The summed E-state index contributed by atoms with van der Waals surface area (Å²) in [7, 11) is 1.62. The number of anilines is 1. The number of methoxy groups -OCH3 is 1. The second-order valence-electron chi connectivity index (χ2n) is 5.23. The van der Waals surface area contributed by atoms with Crippen LogP contribution in [0.15, 0.2) is 46.9 Å². The van der Waals surface area contributed by atoms with Crippen molar-refractivity contribution < 1.29 is 13.9 Å². The third kappa shape index (κ3) is 3.34. The molecule has 0 unspecified atom stereocenters. The zero-order valence-corrected chi connectivity index (χ0v) is 13.1. The zero-order chi connectivity index (χ0) is 16.2. The first kappa shape index (κ1) is 15.1. The Kier molecular flexibility index (Phi) is 4.28. The van der Waals surface area contributed by atoms with E-state index in [4.69, 9.17) is 9.15 Å². The van der Waals surface area contributed by atoms with Gasteiger partial charge in [-0.05, 0) is 42.8 Å². The fourth-order valence-electron chi connectivity index (χ4n) is 2.34. The van der Waals surface area contributed by atoms with E-state index in [1.807, 2.05) is 49.4 Å². The van der Waals surface area contributed by atoms with E-state index in [1.54, 1.807) is 7.11 Å². The van der Waals surface area contributed by atoms with Crippen LogP contribution in [0.4, 0.5) is 5.69 Å². The predicted molar refractivity (Wildman–Crippen MR) is 89.5 cm³/mol. The van der Waals surface area contributed by atoms with Gasteiger partial charge in [-0.15, -0.1) is 0 Å². The molecule has 0 saturated carbocycles. The Morgan fingerprint density at radius 1 is 1.26 bits per heavy atom. The first-order valence-electron chi connectivity index (χ1n) is 7.54. The molecule has 2 aromatic carbocycles. The van der Waals surface area contributed by atoms with Crippen LogP contribution in [0.25, 0.3) is 22.6 Å². The minimum atomic E-state index is 0.00311. The largest absolute Gasteiger partial charge is 0.497 e. The van der Waals surface area contributed by atoms with Gasteiger partial charge in [-0.3, -0.25) is 4.79 Å². The molecule has 0 radical (unpaired) electrons. The molecule has 0 aliphatic carbocycles. The van der Waals surface area contributed by atoms with Crippen LogP contribution in [0.3, 0.4) is 0 Å². The number of nitrogens with one attached hydrogen (secondary N) is 1. The first-order chi connectivity index (χ1) is 11.2. The van der Waals surface area contributed by atoms with Crippen LogP contribution in [0.5, 0.6) is 5.75 Å². The van der Waals surface area contributed by atoms with Gasteiger partial charge < -0.3 is 14.5 Å². The molecule has 1 amide bonds. The van der Waals surface area contributed by atoms with Crippen LogP contribution >= 0.6 is 0 Å². The summed E-state index contributed by atoms with van der Waals surface area (Å²) >= 11 is 0. The molecule has 5 nitrogen and oxygen atoms in total. The fourth-order valence-corrected chi connectivity index (χ4v) is 2.34. The van der Waals surface area contributed by atoms with Crippen LogP contribution in [-0.4, -0.2) is 18.0 Å². The lowest BCUT2D eigenvalue weighted by molar-refractivity contribution is -0.116. The minimum Gasteiger partial charge on any atom is -0.497 e. The number of nitrogens with zero attached hydrogens (tertiary/aromatic N) is 1. The van der Waals surface area contributed by atoms with E-state index in [-0.39, 0.29) is 5.91 Å². The number of hydrogen-bond donors (Lipinski definition) is 1. The zero-order valence-electron chi connectivity index (χ0n) is 13.1. The molecular formula is C18H18N2O3. The van der Waals surface area contributed by atoms with Gasteiger partial charge in [-0.1, -0.05) is 13.0 Å². The summed E-state index contributed by atoms with van der Waals surface area (Å²) in [5, 5.41) is 2.86. The maximum absolute atomic E-state index is 11.7. The smallest absolute Gasteiger partial charge is 0.227 e. The number of carbonyl (C=O) groups excluding carboxylic acids is 1. The monoisotopic (exact) mass is 310 g/mol. The molecule has 0 aliphatic heterocycles. The fraction of sp³-hybridized carbons (Fsp3) is 0.222. The van der Waals surface area contributed by atoms with Crippen molar-refractivity contribution in [2.45, 2.75) is 19.8 Å². The molecule has 0 bridgehead atoms. The quantitative estimate of drug-likeness (QED) is 0.765. The van der Waals surface area contributed by atoms with E-state index >= 15 is 0 Å². The number of rotatable bonds is 5. The second kappa shape index (κ2) is 6.52. The predicted octanol–water partition coefficient (Wildman–Crippen LogP) is 4.24. The van der Waals surface area contributed by atoms with Crippen LogP contribution in [0.1, 0.15) is 19.8 Å². The highest BCUT2D eigenvalue weighted by atomic mass is 16.5. The Bertz CT molecular complexity index is 839. The highest BCUT2D eigenvalue weighted by molar-refractivity contribution is 5.93. The van der Waals surface area contributed by atoms with E-state index in [1.165, 1.54) is 0 Å². The van der Waals surface area contributed by atoms with Gasteiger partial charge in [0, 0.05) is 17.7 Å². The lowest BCUT2D eigenvalue weighted by atomic mass is 10.2. The third-order valence-electron chi connectivity index (χ3n) is 3.47. The van der Waals surface area contributed by atoms with E-state index < -0.39 is 0 Å². The summed E-state index contributed by atoms with van der Waals surface area (Å²) in [6.07, 6.45) is 1.32. The molecule has 0 atom stereocenters. The van der Waals surface area contributed by atoms with Gasteiger partial charge in [-0.2, -0.15) is 0 Å². The van der Waals surface area contributed by atoms with Crippen molar-refractivity contribution in [1.29, 1.82) is 0 Å². The highest BCUT2D eigenvalue weighted by Crippen LogP contribution is 2.28. The van der Waals surface area contributed by atoms with Crippen molar-refractivity contribution in [3.05, 3.63) is 42.5 Å². The molecular weight excluding hydrogens is 292 g/mol. The molecule has 3 aromatic rings. The van der Waals surface area contributed by atoms with Crippen LogP contribution in [0.2, 0.25) is 0 Å². The van der Waals surface area contributed by atoms with Gasteiger partial charge in [0.15, 0.2) is 5.58 Å². The number of fused-ring (bicyclic) bond motifs is 1. The minimum absolute atomic E-state index is 0.00311. The summed E-state index contributed by atoms with van der Waals surface area (Å²) in [5.74, 6) is 1.27. The molecule has 1 N–H and O–H groups in total. The molecule has 23 heavy (non-hydrogen) atoms. The number of benzene rings is 2. The number of oxazole rings is 1.